The third-order valence-electron chi connectivity index (χ3n) is 6.45. The second-order valence-corrected chi connectivity index (χ2v) is 8.91. The van der Waals surface area contributed by atoms with Gasteiger partial charge >= 0.3 is 7.12 Å². The molecule has 0 spiro atoms. The molecule has 1 aliphatic heterocycles. The van der Waals surface area contributed by atoms with Crippen molar-refractivity contribution >= 4 is 12.6 Å². The Morgan fingerprint density at radius 1 is 1.12 bits per heavy atom. The van der Waals surface area contributed by atoms with Crippen LogP contribution in [0.25, 0.3) is 0 Å². The van der Waals surface area contributed by atoms with Gasteiger partial charge in [-0.25, -0.2) is 0 Å². The summed E-state index contributed by atoms with van der Waals surface area (Å²) in [6, 6.07) is 6.71. The second kappa shape index (κ2) is 6.93. The fraction of sp³-hybridized carbons (Fsp3) is 0.636. The Morgan fingerprint density at radius 2 is 1.80 bits per heavy atom. The third kappa shape index (κ3) is 3.88. The first kappa shape index (κ1) is 18.7. The average molecular weight is 340 g/mol. The van der Waals surface area contributed by atoms with Gasteiger partial charge in [-0.2, -0.15) is 0 Å². The molecule has 1 aliphatic carbocycles. The molecule has 2 atom stereocenters. The van der Waals surface area contributed by atoms with Gasteiger partial charge in [-0.1, -0.05) is 37.3 Å². The standard InChI is InChI=1S/C22H33BO2/c1-7-17-9-8-10-18(13-17)14-19-15-20(12-11-16(19)2)23-24-21(3,4)22(5,6)25-23/h8-9,11-12,15,17-18H,7,10,13-14H2,1-6H3/t17?,18-/m1/s1. The fourth-order valence-corrected chi connectivity index (χ4v) is 3.88. The highest BCUT2D eigenvalue weighted by Crippen LogP contribution is 2.36. The van der Waals surface area contributed by atoms with Crippen molar-refractivity contribution in [2.45, 2.75) is 78.4 Å². The molecule has 1 aromatic carbocycles. The molecule has 0 saturated carbocycles. The second-order valence-electron chi connectivity index (χ2n) is 8.91. The molecule has 0 amide bonds. The van der Waals surface area contributed by atoms with E-state index >= 15 is 0 Å². The Balaban J connectivity index is 1.77. The van der Waals surface area contributed by atoms with E-state index in [1.165, 1.54) is 30.4 Å². The molecule has 1 unspecified atom stereocenters. The summed E-state index contributed by atoms with van der Waals surface area (Å²) in [6.07, 6.45) is 9.71. The Bertz CT molecular complexity index is 631. The van der Waals surface area contributed by atoms with Crippen molar-refractivity contribution in [2.24, 2.45) is 11.8 Å². The van der Waals surface area contributed by atoms with Crippen molar-refractivity contribution in [3.63, 3.8) is 0 Å². The molecule has 0 aromatic heterocycles. The highest BCUT2D eigenvalue weighted by atomic mass is 16.7. The first-order valence-electron chi connectivity index (χ1n) is 9.83. The highest BCUT2D eigenvalue weighted by Gasteiger charge is 2.51. The van der Waals surface area contributed by atoms with Crippen LogP contribution in [0.4, 0.5) is 0 Å². The first-order chi connectivity index (χ1) is 11.7. The summed E-state index contributed by atoms with van der Waals surface area (Å²) >= 11 is 0. The Hall–Kier alpha value is -1.06. The van der Waals surface area contributed by atoms with Crippen LogP contribution in [0.15, 0.2) is 30.4 Å². The van der Waals surface area contributed by atoms with Crippen LogP contribution < -0.4 is 5.46 Å². The molecule has 1 heterocycles. The normalized spacial score (nSPS) is 27.7. The van der Waals surface area contributed by atoms with Gasteiger partial charge in [0.25, 0.3) is 0 Å². The zero-order chi connectivity index (χ0) is 18.2. The van der Waals surface area contributed by atoms with Crippen molar-refractivity contribution in [1.29, 1.82) is 0 Å². The summed E-state index contributed by atoms with van der Waals surface area (Å²) in [6.45, 7) is 13.0. The molecule has 1 aromatic rings. The fourth-order valence-electron chi connectivity index (χ4n) is 3.88. The van der Waals surface area contributed by atoms with Gasteiger partial charge in [0.2, 0.25) is 0 Å². The van der Waals surface area contributed by atoms with Gasteiger partial charge < -0.3 is 9.31 Å². The quantitative estimate of drug-likeness (QED) is 0.577. The van der Waals surface area contributed by atoms with E-state index in [-0.39, 0.29) is 18.3 Å². The maximum Gasteiger partial charge on any atom is 0.494 e. The number of allylic oxidation sites excluding steroid dienone is 2. The van der Waals surface area contributed by atoms with Crippen molar-refractivity contribution < 1.29 is 9.31 Å². The summed E-state index contributed by atoms with van der Waals surface area (Å²) in [5, 5.41) is 0. The van der Waals surface area contributed by atoms with Crippen LogP contribution in [-0.4, -0.2) is 18.3 Å². The lowest BCUT2D eigenvalue weighted by atomic mass is 9.75. The predicted molar refractivity (Wildman–Crippen MR) is 106 cm³/mol. The van der Waals surface area contributed by atoms with Crippen molar-refractivity contribution in [1.82, 2.24) is 0 Å². The summed E-state index contributed by atoms with van der Waals surface area (Å²) in [5.41, 5.74) is 3.40. The van der Waals surface area contributed by atoms with Gasteiger partial charge in [0.15, 0.2) is 0 Å². The first-order valence-corrected chi connectivity index (χ1v) is 9.83. The molecular weight excluding hydrogens is 307 g/mol. The number of hydrogen-bond donors (Lipinski definition) is 0. The zero-order valence-electron chi connectivity index (χ0n) is 16.8. The van der Waals surface area contributed by atoms with Crippen LogP contribution in [0.3, 0.4) is 0 Å². The van der Waals surface area contributed by atoms with E-state index in [0.717, 1.165) is 23.7 Å². The largest absolute Gasteiger partial charge is 0.494 e. The van der Waals surface area contributed by atoms with E-state index in [4.69, 9.17) is 9.31 Å². The molecule has 0 bridgehead atoms. The molecule has 0 radical (unpaired) electrons. The van der Waals surface area contributed by atoms with Gasteiger partial charge in [0.1, 0.15) is 0 Å². The van der Waals surface area contributed by atoms with E-state index in [1.54, 1.807) is 0 Å². The Kier molecular flexibility index (Phi) is 5.19. The molecule has 2 nitrogen and oxygen atoms in total. The lowest BCUT2D eigenvalue weighted by Crippen LogP contribution is -2.41. The van der Waals surface area contributed by atoms with Crippen LogP contribution in [0.1, 0.15) is 65.0 Å². The maximum absolute atomic E-state index is 6.24. The number of benzene rings is 1. The summed E-state index contributed by atoms with van der Waals surface area (Å²) in [7, 11) is -0.265. The lowest BCUT2D eigenvalue weighted by Gasteiger charge is -2.32. The number of rotatable bonds is 4. The Morgan fingerprint density at radius 3 is 2.44 bits per heavy atom. The maximum atomic E-state index is 6.24. The van der Waals surface area contributed by atoms with Gasteiger partial charge in [0, 0.05) is 0 Å². The van der Waals surface area contributed by atoms with Gasteiger partial charge in [-0.05, 0) is 88.7 Å². The summed E-state index contributed by atoms with van der Waals surface area (Å²) < 4.78 is 12.5. The molecule has 25 heavy (non-hydrogen) atoms. The third-order valence-corrected chi connectivity index (χ3v) is 6.45. The van der Waals surface area contributed by atoms with Crippen LogP contribution in [0.5, 0.6) is 0 Å². The number of aryl methyl sites for hydroxylation is 1. The smallest absolute Gasteiger partial charge is 0.399 e. The molecule has 1 fully saturated rings. The summed E-state index contributed by atoms with van der Waals surface area (Å²) in [5.74, 6) is 1.51. The molecule has 2 aliphatic rings. The van der Waals surface area contributed by atoms with Crippen LogP contribution in [0.2, 0.25) is 0 Å². The van der Waals surface area contributed by atoms with Crippen LogP contribution in [-0.2, 0) is 15.7 Å². The van der Waals surface area contributed by atoms with E-state index in [1.807, 2.05) is 0 Å². The van der Waals surface area contributed by atoms with Crippen LogP contribution in [0, 0.1) is 18.8 Å². The van der Waals surface area contributed by atoms with Crippen molar-refractivity contribution in [3.05, 3.63) is 41.5 Å². The van der Waals surface area contributed by atoms with E-state index in [2.05, 4.69) is 71.9 Å². The van der Waals surface area contributed by atoms with Crippen molar-refractivity contribution in [2.75, 3.05) is 0 Å². The highest BCUT2D eigenvalue weighted by molar-refractivity contribution is 6.62. The summed E-state index contributed by atoms with van der Waals surface area (Å²) in [4.78, 5) is 0. The van der Waals surface area contributed by atoms with Crippen LogP contribution >= 0.6 is 0 Å². The van der Waals surface area contributed by atoms with Crippen molar-refractivity contribution in [3.8, 4) is 0 Å². The average Bonchev–Trinajstić information content (AvgIpc) is 2.78. The minimum Gasteiger partial charge on any atom is -0.399 e. The monoisotopic (exact) mass is 340 g/mol. The minimum atomic E-state index is -0.286. The van der Waals surface area contributed by atoms with Gasteiger partial charge in [0.05, 0.1) is 11.2 Å². The molecule has 136 valence electrons. The van der Waals surface area contributed by atoms with Gasteiger partial charge in [-0.3, -0.25) is 0 Å². The molecule has 1 saturated heterocycles. The minimum absolute atomic E-state index is 0.265. The number of hydrogen-bond acceptors (Lipinski definition) is 2. The zero-order valence-corrected chi connectivity index (χ0v) is 16.8. The van der Waals surface area contributed by atoms with Gasteiger partial charge in [-0.15, -0.1) is 0 Å². The Labute approximate surface area is 154 Å². The van der Waals surface area contributed by atoms with E-state index < -0.39 is 0 Å². The van der Waals surface area contributed by atoms with E-state index in [0.29, 0.717) is 0 Å². The van der Waals surface area contributed by atoms with E-state index in [9.17, 15) is 0 Å². The molecule has 3 heteroatoms. The predicted octanol–water partition coefficient (Wildman–Crippen LogP) is 4.83. The lowest BCUT2D eigenvalue weighted by molar-refractivity contribution is 0.00578. The molecule has 0 N–H and O–H groups in total. The SMILES string of the molecule is CCC1C=CC[C@@H](Cc2cc(B3OC(C)(C)C(C)(C)O3)ccc2C)C1. The topological polar surface area (TPSA) is 18.5 Å². The molecular formula is C22H33BO2. The molecule has 3 rings (SSSR count).